The first-order valence-corrected chi connectivity index (χ1v) is 6.09. The fourth-order valence-electron chi connectivity index (χ4n) is 2.26. The van der Waals surface area contributed by atoms with Crippen molar-refractivity contribution >= 4 is 17.6 Å². The average Bonchev–Trinajstić information content (AvgIpc) is 2.78. The molecule has 0 bridgehead atoms. The molecule has 0 saturated carbocycles. The zero-order valence-corrected chi connectivity index (χ0v) is 10.5. The van der Waals surface area contributed by atoms with Gasteiger partial charge in [0.25, 0.3) is 0 Å². The number of amides is 1. The Morgan fingerprint density at radius 3 is 2.89 bits per heavy atom. The Kier molecular flexibility index (Phi) is 3.97. The maximum Gasteiger partial charge on any atom is 0.327 e. The standard InChI is InChI=1S/C14H16N2O3/c1-2-7-15-9-13(17)16-11-6-4-3-5-10(11)8-12(16)14(18)19/h2-6,12,15H,1,7-9H2,(H,18,19)/t12-/m0/s1. The van der Waals surface area contributed by atoms with Gasteiger partial charge in [-0.25, -0.2) is 4.79 Å². The van der Waals surface area contributed by atoms with Crippen molar-refractivity contribution in [3.63, 3.8) is 0 Å². The minimum atomic E-state index is -0.978. The monoisotopic (exact) mass is 260 g/mol. The molecule has 0 aromatic heterocycles. The molecule has 0 radical (unpaired) electrons. The van der Waals surface area contributed by atoms with Crippen LogP contribution in [-0.4, -0.2) is 36.1 Å². The number of hydrogen-bond acceptors (Lipinski definition) is 3. The van der Waals surface area contributed by atoms with Gasteiger partial charge in [0.15, 0.2) is 0 Å². The summed E-state index contributed by atoms with van der Waals surface area (Å²) in [5.74, 6) is -1.22. The minimum Gasteiger partial charge on any atom is -0.480 e. The van der Waals surface area contributed by atoms with E-state index in [-0.39, 0.29) is 12.5 Å². The first-order chi connectivity index (χ1) is 9.15. The van der Waals surface area contributed by atoms with E-state index in [0.29, 0.717) is 18.7 Å². The summed E-state index contributed by atoms with van der Waals surface area (Å²) in [4.78, 5) is 24.8. The van der Waals surface area contributed by atoms with E-state index in [2.05, 4.69) is 11.9 Å². The van der Waals surface area contributed by atoms with E-state index in [1.165, 1.54) is 4.90 Å². The topological polar surface area (TPSA) is 69.6 Å². The highest BCUT2D eigenvalue weighted by Gasteiger charge is 2.37. The third-order valence-electron chi connectivity index (χ3n) is 3.09. The van der Waals surface area contributed by atoms with E-state index in [4.69, 9.17) is 0 Å². The largest absolute Gasteiger partial charge is 0.480 e. The lowest BCUT2D eigenvalue weighted by Crippen LogP contribution is -2.46. The SMILES string of the molecule is C=CCNCC(=O)N1c2ccccc2C[C@H]1C(=O)O. The van der Waals surface area contributed by atoms with E-state index in [1.807, 2.05) is 12.1 Å². The van der Waals surface area contributed by atoms with Crippen molar-refractivity contribution in [3.8, 4) is 0 Å². The molecule has 1 aromatic carbocycles. The maximum atomic E-state index is 12.2. The van der Waals surface area contributed by atoms with Crippen LogP contribution in [0.2, 0.25) is 0 Å². The molecular weight excluding hydrogens is 244 g/mol. The lowest BCUT2D eigenvalue weighted by Gasteiger charge is -2.22. The number of aliphatic carboxylic acids is 1. The molecule has 19 heavy (non-hydrogen) atoms. The van der Waals surface area contributed by atoms with Gasteiger partial charge in [0.05, 0.1) is 6.54 Å². The molecule has 1 aliphatic heterocycles. The minimum absolute atomic E-state index is 0.101. The van der Waals surface area contributed by atoms with Crippen molar-refractivity contribution in [3.05, 3.63) is 42.5 Å². The number of anilines is 1. The Bertz CT molecular complexity index is 513. The smallest absolute Gasteiger partial charge is 0.327 e. The molecule has 0 aliphatic carbocycles. The van der Waals surface area contributed by atoms with Gasteiger partial charge in [0.1, 0.15) is 6.04 Å². The second kappa shape index (κ2) is 5.67. The quantitative estimate of drug-likeness (QED) is 0.607. The van der Waals surface area contributed by atoms with Gasteiger partial charge in [-0.3, -0.25) is 9.69 Å². The maximum absolute atomic E-state index is 12.2. The van der Waals surface area contributed by atoms with Crippen LogP contribution < -0.4 is 10.2 Å². The Morgan fingerprint density at radius 1 is 1.47 bits per heavy atom. The second-order valence-electron chi connectivity index (χ2n) is 4.37. The molecule has 1 aromatic rings. The highest BCUT2D eigenvalue weighted by molar-refractivity contribution is 6.02. The van der Waals surface area contributed by atoms with Crippen molar-refractivity contribution in [1.82, 2.24) is 5.32 Å². The second-order valence-corrected chi connectivity index (χ2v) is 4.37. The first-order valence-electron chi connectivity index (χ1n) is 6.09. The van der Waals surface area contributed by atoms with Crippen LogP contribution in [0.5, 0.6) is 0 Å². The molecule has 0 spiro atoms. The van der Waals surface area contributed by atoms with Gasteiger partial charge >= 0.3 is 5.97 Å². The summed E-state index contributed by atoms with van der Waals surface area (Å²) in [6.07, 6.45) is 2.01. The van der Waals surface area contributed by atoms with Gasteiger partial charge < -0.3 is 10.4 Å². The predicted octanol–water partition coefficient (Wildman–Crippen LogP) is 0.804. The summed E-state index contributed by atoms with van der Waals surface area (Å²) < 4.78 is 0. The van der Waals surface area contributed by atoms with Crippen LogP contribution in [0.3, 0.4) is 0 Å². The predicted molar refractivity (Wildman–Crippen MR) is 72.1 cm³/mol. The molecule has 1 aliphatic rings. The lowest BCUT2D eigenvalue weighted by molar-refractivity contribution is -0.139. The summed E-state index contributed by atoms with van der Waals surface area (Å²) in [5.41, 5.74) is 1.59. The molecule has 5 heteroatoms. The molecule has 2 rings (SSSR count). The van der Waals surface area contributed by atoms with Gasteiger partial charge in [-0.15, -0.1) is 6.58 Å². The number of nitrogens with zero attached hydrogens (tertiary/aromatic N) is 1. The van der Waals surface area contributed by atoms with Gasteiger partial charge in [-0.2, -0.15) is 0 Å². The van der Waals surface area contributed by atoms with Crippen LogP contribution >= 0.6 is 0 Å². The fraction of sp³-hybridized carbons (Fsp3) is 0.286. The number of carbonyl (C=O) groups is 2. The molecule has 1 heterocycles. The molecule has 0 fully saturated rings. The summed E-state index contributed by atoms with van der Waals surface area (Å²) >= 11 is 0. The molecule has 2 N–H and O–H groups in total. The zero-order chi connectivity index (χ0) is 13.8. The Labute approximate surface area is 111 Å². The highest BCUT2D eigenvalue weighted by atomic mass is 16.4. The molecule has 5 nitrogen and oxygen atoms in total. The van der Waals surface area contributed by atoms with Crippen LogP contribution in [0.4, 0.5) is 5.69 Å². The number of para-hydroxylation sites is 1. The zero-order valence-electron chi connectivity index (χ0n) is 10.5. The highest BCUT2D eigenvalue weighted by Crippen LogP contribution is 2.32. The molecule has 100 valence electrons. The van der Waals surface area contributed by atoms with E-state index in [0.717, 1.165) is 5.56 Å². The normalized spacial score (nSPS) is 17.1. The Hall–Kier alpha value is -2.14. The van der Waals surface area contributed by atoms with Crippen LogP contribution in [0, 0.1) is 0 Å². The number of fused-ring (bicyclic) bond motifs is 1. The fourth-order valence-corrected chi connectivity index (χ4v) is 2.26. The van der Waals surface area contributed by atoms with Crippen molar-refractivity contribution in [2.24, 2.45) is 0 Å². The van der Waals surface area contributed by atoms with Crippen molar-refractivity contribution in [1.29, 1.82) is 0 Å². The third-order valence-corrected chi connectivity index (χ3v) is 3.09. The van der Waals surface area contributed by atoms with Crippen LogP contribution in [-0.2, 0) is 16.0 Å². The molecule has 0 saturated heterocycles. The summed E-state index contributed by atoms with van der Waals surface area (Å²) in [7, 11) is 0. The Morgan fingerprint density at radius 2 is 2.21 bits per heavy atom. The molecule has 1 atom stereocenters. The molecular formula is C14H16N2O3. The van der Waals surface area contributed by atoms with E-state index >= 15 is 0 Å². The van der Waals surface area contributed by atoms with Crippen LogP contribution in [0.1, 0.15) is 5.56 Å². The van der Waals surface area contributed by atoms with Crippen LogP contribution in [0.25, 0.3) is 0 Å². The van der Waals surface area contributed by atoms with Crippen LogP contribution in [0.15, 0.2) is 36.9 Å². The van der Waals surface area contributed by atoms with Crippen molar-refractivity contribution < 1.29 is 14.7 Å². The van der Waals surface area contributed by atoms with Gasteiger partial charge in [0, 0.05) is 18.7 Å². The van der Waals surface area contributed by atoms with Crippen molar-refractivity contribution in [2.75, 3.05) is 18.0 Å². The van der Waals surface area contributed by atoms with E-state index in [1.54, 1.807) is 18.2 Å². The summed E-state index contributed by atoms with van der Waals surface area (Å²) in [6, 6.07) is 6.48. The number of benzene rings is 1. The van der Waals surface area contributed by atoms with Gasteiger partial charge in [-0.1, -0.05) is 24.3 Å². The number of nitrogens with one attached hydrogen (secondary N) is 1. The average molecular weight is 260 g/mol. The number of rotatable bonds is 5. The Balaban J connectivity index is 2.21. The number of carboxylic acid groups (broad SMARTS) is 1. The van der Waals surface area contributed by atoms with E-state index < -0.39 is 12.0 Å². The lowest BCUT2D eigenvalue weighted by atomic mass is 10.1. The third kappa shape index (κ3) is 2.66. The molecule has 1 amide bonds. The summed E-state index contributed by atoms with van der Waals surface area (Å²) in [5, 5.41) is 12.1. The molecule has 0 unspecified atom stereocenters. The number of carbonyl (C=O) groups excluding carboxylic acids is 1. The first kappa shape index (κ1) is 13.3. The summed E-state index contributed by atoms with van der Waals surface area (Å²) in [6.45, 7) is 4.17. The number of carboxylic acids is 1. The van der Waals surface area contributed by atoms with E-state index in [9.17, 15) is 14.7 Å². The number of hydrogen-bond donors (Lipinski definition) is 2. The van der Waals surface area contributed by atoms with Crippen molar-refractivity contribution in [2.45, 2.75) is 12.5 Å². The van der Waals surface area contributed by atoms with Gasteiger partial charge in [0.2, 0.25) is 5.91 Å². The van der Waals surface area contributed by atoms with Gasteiger partial charge in [-0.05, 0) is 11.6 Å².